The quantitative estimate of drug-likeness (QED) is 0.656. The molecule has 0 unspecified atom stereocenters. The Labute approximate surface area is 185 Å². The number of hydrogen-bond donors (Lipinski definition) is 3. The van der Waals surface area contributed by atoms with Gasteiger partial charge in [-0.25, -0.2) is 23.4 Å². The number of hydrogen-bond acceptors (Lipinski definition) is 4. The zero-order valence-corrected chi connectivity index (χ0v) is 18.0. The van der Waals surface area contributed by atoms with Crippen molar-refractivity contribution in [3.05, 3.63) is 57.6 Å². The van der Waals surface area contributed by atoms with E-state index in [4.69, 9.17) is 0 Å². The monoisotopic (exact) mass is 445 g/mol. The number of aromatic amines is 1. The van der Waals surface area contributed by atoms with Crippen molar-refractivity contribution in [3.63, 3.8) is 0 Å². The molecule has 0 atom stereocenters. The van der Waals surface area contributed by atoms with E-state index in [2.05, 4.69) is 25.5 Å². The van der Waals surface area contributed by atoms with Crippen molar-refractivity contribution in [1.29, 1.82) is 0 Å². The van der Waals surface area contributed by atoms with Crippen LogP contribution in [0.5, 0.6) is 0 Å². The summed E-state index contributed by atoms with van der Waals surface area (Å²) in [5, 5.41) is 5.28. The molecule has 3 aliphatic rings. The second-order valence-corrected chi connectivity index (χ2v) is 8.65. The molecule has 3 N–H and O–H groups in total. The highest BCUT2D eigenvalue weighted by Crippen LogP contribution is 2.41. The van der Waals surface area contributed by atoms with Gasteiger partial charge in [-0.1, -0.05) is 0 Å². The smallest absolute Gasteiger partial charge is 0.346 e. The fraction of sp³-hybridized carbons (Fsp3) is 0.522. The normalized spacial score (nSPS) is 17.9. The van der Waals surface area contributed by atoms with Gasteiger partial charge in [-0.3, -0.25) is 4.98 Å². The van der Waals surface area contributed by atoms with Crippen LogP contribution in [0.4, 0.5) is 19.4 Å². The highest BCUT2D eigenvalue weighted by molar-refractivity contribution is 5.74. The highest BCUT2D eigenvalue weighted by Gasteiger charge is 2.28. The molecule has 1 aliphatic heterocycles. The average Bonchev–Trinajstić information content (AvgIpc) is 3.70. The molecule has 0 spiro atoms. The molecule has 1 saturated heterocycles. The molecule has 1 aromatic heterocycles. The molecule has 2 saturated carbocycles. The minimum absolute atomic E-state index is 0.00620. The Bertz CT molecular complexity index is 998. The van der Waals surface area contributed by atoms with Crippen LogP contribution in [0.25, 0.3) is 0 Å². The Balaban J connectivity index is 0.000000165. The Morgan fingerprint density at radius 2 is 1.84 bits per heavy atom. The summed E-state index contributed by atoms with van der Waals surface area (Å²) in [6, 6.07) is 4.24. The lowest BCUT2D eigenvalue weighted by molar-refractivity contribution is 0.240. The van der Waals surface area contributed by atoms with Crippen LogP contribution in [0.3, 0.4) is 0 Å². The third kappa shape index (κ3) is 6.27. The molecule has 0 bridgehead atoms. The molecule has 3 fully saturated rings. The van der Waals surface area contributed by atoms with Crippen LogP contribution in [0.1, 0.15) is 62.0 Å². The zero-order valence-electron chi connectivity index (χ0n) is 18.0. The van der Waals surface area contributed by atoms with Crippen molar-refractivity contribution in [2.24, 2.45) is 0 Å². The first-order valence-corrected chi connectivity index (χ1v) is 11.3. The number of urea groups is 1. The lowest BCUT2D eigenvalue weighted by Crippen LogP contribution is -2.36. The van der Waals surface area contributed by atoms with Crippen LogP contribution in [0.2, 0.25) is 0 Å². The predicted molar refractivity (Wildman–Crippen MR) is 118 cm³/mol. The SMILES string of the molecule is O=C(NCc1cc(F)c(C2CC2)cc1F)NC1CC1.O=c1nccc(N2CCCCC2)[nH]1. The fourth-order valence-corrected chi connectivity index (χ4v) is 3.76. The Hall–Kier alpha value is -2.97. The predicted octanol–water partition coefficient (Wildman–Crippen LogP) is 3.56. The molecule has 7 nitrogen and oxygen atoms in total. The molecule has 2 aromatic rings. The van der Waals surface area contributed by atoms with Crippen LogP contribution in [-0.2, 0) is 6.54 Å². The van der Waals surface area contributed by atoms with Gasteiger partial charge in [0.25, 0.3) is 0 Å². The van der Waals surface area contributed by atoms with Crippen molar-refractivity contribution >= 4 is 11.8 Å². The largest absolute Gasteiger partial charge is 0.358 e. The minimum atomic E-state index is -0.449. The van der Waals surface area contributed by atoms with E-state index in [1.807, 2.05) is 6.07 Å². The molecular weight excluding hydrogens is 416 g/mol. The standard InChI is InChI=1S/C14H16F2N2O.C9H13N3O/c15-12-6-11(8-1-2-8)13(16)5-9(12)7-17-14(19)18-10-3-4-10;13-9-10-5-4-8(11-9)12-6-2-1-3-7-12/h5-6,8,10H,1-4,7H2,(H2,17,18,19);4-5H,1-3,6-7H2,(H,10,11,13). The number of amides is 2. The van der Waals surface area contributed by atoms with E-state index >= 15 is 0 Å². The van der Waals surface area contributed by atoms with Crippen LogP contribution >= 0.6 is 0 Å². The molecule has 0 radical (unpaired) electrons. The highest BCUT2D eigenvalue weighted by atomic mass is 19.1. The Kier molecular flexibility index (Phi) is 7.02. The lowest BCUT2D eigenvalue weighted by atomic mass is 10.1. The number of carbonyl (C=O) groups is 1. The summed E-state index contributed by atoms with van der Waals surface area (Å²) >= 11 is 0. The molecule has 1 aromatic carbocycles. The minimum Gasteiger partial charge on any atom is -0.358 e. The number of nitrogens with zero attached hydrogens (tertiary/aromatic N) is 2. The van der Waals surface area contributed by atoms with Gasteiger partial charge in [0, 0.05) is 37.4 Å². The van der Waals surface area contributed by atoms with Gasteiger partial charge in [0.05, 0.1) is 0 Å². The molecule has 2 aliphatic carbocycles. The average molecular weight is 446 g/mol. The first-order valence-electron chi connectivity index (χ1n) is 11.3. The summed E-state index contributed by atoms with van der Waals surface area (Å²) < 4.78 is 27.6. The number of carbonyl (C=O) groups excluding carboxylic acids is 1. The number of nitrogens with one attached hydrogen (secondary N) is 3. The van der Waals surface area contributed by atoms with Crippen molar-refractivity contribution < 1.29 is 13.6 Å². The van der Waals surface area contributed by atoms with Crippen LogP contribution in [0.15, 0.2) is 29.2 Å². The molecule has 5 rings (SSSR count). The number of anilines is 1. The van der Waals surface area contributed by atoms with Gasteiger partial charge in [0.1, 0.15) is 17.5 Å². The molecule has 172 valence electrons. The van der Waals surface area contributed by atoms with Crippen molar-refractivity contribution in [3.8, 4) is 0 Å². The van der Waals surface area contributed by atoms with Gasteiger partial charge in [-0.15, -0.1) is 0 Å². The van der Waals surface area contributed by atoms with Gasteiger partial charge in [0.15, 0.2) is 0 Å². The van der Waals surface area contributed by atoms with Gasteiger partial charge in [-0.2, -0.15) is 0 Å². The third-order valence-electron chi connectivity index (χ3n) is 5.89. The molecule has 2 heterocycles. The lowest BCUT2D eigenvalue weighted by Gasteiger charge is -2.27. The number of benzene rings is 1. The maximum Gasteiger partial charge on any atom is 0.346 e. The summed E-state index contributed by atoms with van der Waals surface area (Å²) in [6.45, 7) is 2.09. The summed E-state index contributed by atoms with van der Waals surface area (Å²) in [4.78, 5) is 30.9. The summed E-state index contributed by atoms with van der Waals surface area (Å²) in [7, 11) is 0. The second kappa shape index (κ2) is 10.1. The van der Waals surface area contributed by atoms with Gasteiger partial charge >= 0.3 is 11.7 Å². The molecule has 2 amide bonds. The maximum absolute atomic E-state index is 13.8. The number of piperidine rings is 1. The van der Waals surface area contributed by atoms with E-state index < -0.39 is 5.82 Å². The van der Waals surface area contributed by atoms with Gasteiger partial charge < -0.3 is 15.5 Å². The number of aromatic nitrogens is 2. The maximum atomic E-state index is 13.8. The van der Waals surface area contributed by atoms with E-state index in [0.717, 1.165) is 44.6 Å². The first-order chi connectivity index (χ1) is 15.5. The second-order valence-electron chi connectivity index (χ2n) is 8.65. The molecule has 9 heteroatoms. The fourth-order valence-electron chi connectivity index (χ4n) is 3.76. The topological polar surface area (TPSA) is 90.1 Å². The summed E-state index contributed by atoms with van der Waals surface area (Å²) in [5.41, 5.74) is 0.389. The van der Waals surface area contributed by atoms with Gasteiger partial charge in [-0.05, 0) is 74.6 Å². The third-order valence-corrected chi connectivity index (χ3v) is 5.89. The van der Waals surface area contributed by atoms with Crippen LogP contribution in [-0.4, -0.2) is 35.1 Å². The summed E-state index contributed by atoms with van der Waals surface area (Å²) in [6.07, 6.45) is 9.12. The van der Waals surface area contributed by atoms with E-state index in [-0.39, 0.29) is 41.6 Å². The first kappa shape index (κ1) is 22.2. The van der Waals surface area contributed by atoms with E-state index in [1.165, 1.54) is 31.4 Å². The van der Waals surface area contributed by atoms with Crippen LogP contribution < -0.4 is 21.2 Å². The van der Waals surface area contributed by atoms with Gasteiger partial charge in [0.2, 0.25) is 0 Å². The van der Waals surface area contributed by atoms with E-state index in [1.54, 1.807) is 6.20 Å². The van der Waals surface area contributed by atoms with E-state index in [0.29, 0.717) is 5.56 Å². The molecular formula is C23H29F2N5O2. The Morgan fingerprint density at radius 1 is 1.09 bits per heavy atom. The molecule has 32 heavy (non-hydrogen) atoms. The Morgan fingerprint density at radius 3 is 2.50 bits per heavy atom. The zero-order chi connectivity index (χ0) is 22.5. The summed E-state index contributed by atoms with van der Waals surface area (Å²) in [5.74, 6) is 0.257. The van der Waals surface area contributed by atoms with E-state index in [9.17, 15) is 18.4 Å². The number of halogens is 2. The van der Waals surface area contributed by atoms with Crippen LogP contribution in [0, 0.1) is 11.6 Å². The number of rotatable bonds is 5. The van der Waals surface area contributed by atoms with Crippen molar-refractivity contribution in [2.45, 2.75) is 63.5 Å². The number of H-pyrrole nitrogens is 1. The van der Waals surface area contributed by atoms with Crippen molar-refractivity contribution in [2.75, 3.05) is 18.0 Å². The van der Waals surface area contributed by atoms with Crippen molar-refractivity contribution in [1.82, 2.24) is 20.6 Å².